The SMILES string of the molecule is CCNC(Cc1cc(C)nn1C)C1CC2CCC1O2. The molecule has 2 fully saturated rings. The van der Waals surface area contributed by atoms with Gasteiger partial charge >= 0.3 is 0 Å². The molecule has 106 valence electrons. The molecule has 1 aromatic rings. The zero-order valence-corrected chi connectivity index (χ0v) is 12.2. The van der Waals surface area contributed by atoms with Gasteiger partial charge in [-0.1, -0.05) is 6.92 Å². The molecule has 4 nitrogen and oxygen atoms in total. The van der Waals surface area contributed by atoms with E-state index in [1.807, 2.05) is 11.7 Å². The van der Waals surface area contributed by atoms with E-state index in [1.165, 1.54) is 25.0 Å². The Morgan fingerprint density at radius 1 is 1.53 bits per heavy atom. The summed E-state index contributed by atoms with van der Waals surface area (Å²) < 4.78 is 8.04. The van der Waals surface area contributed by atoms with Crippen LogP contribution in [0.4, 0.5) is 0 Å². The molecule has 4 unspecified atom stereocenters. The first-order valence-corrected chi connectivity index (χ1v) is 7.55. The molecule has 3 rings (SSSR count). The van der Waals surface area contributed by atoms with Crippen molar-refractivity contribution in [1.82, 2.24) is 15.1 Å². The van der Waals surface area contributed by atoms with Gasteiger partial charge in [-0.15, -0.1) is 0 Å². The standard InChI is InChI=1S/C15H25N3O/c1-4-16-14(8-11-7-10(2)17-18(11)3)13-9-12-5-6-15(13)19-12/h7,12-16H,4-6,8-9H2,1-3H3. The maximum atomic E-state index is 6.02. The molecule has 0 saturated carbocycles. The maximum Gasteiger partial charge on any atom is 0.0623 e. The number of nitrogens with zero attached hydrogens (tertiary/aromatic N) is 2. The Morgan fingerprint density at radius 3 is 2.89 bits per heavy atom. The van der Waals surface area contributed by atoms with E-state index in [9.17, 15) is 0 Å². The summed E-state index contributed by atoms with van der Waals surface area (Å²) in [4.78, 5) is 0. The Balaban J connectivity index is 1.72. The second kappa shape index (κ2) is 5.25. The van der Waals surface area contributed by atoms with Gasteiger partial charge in [0.05, 0.1) is 17.9 Å². The maximum absolute atomic E-state index is 6.02. The summed E-state index contributed by atoms with van der Waals surface area (Å²) in [6.45, 7) is 5.28. The second-order valence-corrected chi connectivity index (χ2v) is 6.04. The first-order chi connectivity index (χ1) is 9.17. The third kappa shape index (κ3) is 2.56. The molecule has 3 heterocycles. The van der Waals surface area contributed by atoms with Crippen LogP contribution in [-0.2, 0) is 18.2 Å². The summed E-state index contributed by atoms with van der Waals surface area (Å²) in [6, 6.07) is 2.73. The fourth-order valence-corrected chi connectivity index (χ4v) is 3.82. The summed E-state index contributed by atoms with van der Waals surface area (Å²) >= 11 is 0. The van der Waals surface area contributed by atoms with Crippen LogP contribution < -0.4 is 5.32 Å². The van der Waals surface area contributed by atoms with E-state index < -0.39 is 0 Å². The van der Waals surface area contributed by atoms with Crippen LogP contribution >= 0.6 is 0 Å². The van der Waals surface area contributed by atoms with Crippen LogP contribution in [0.3, 0.4) is 0 Å². The predicted octanol–water partition coefficient (Wildman–Crippen LogP) is 1.82. The highest BCUT2D eigenvalue weighted by molar-refractivity contribution is 5.11. The summed E-state index contributed by atoms with van der Waals surface area (Å²) in [5.41, 5.74) is 2.43. The molecule has 2 bridgehead atoms. The molecule has 0 aromatic carbocycles. The lowest BCUT2D eigenvalue weighted by Gasteiger charge is -2.29. The van der Waals surface area contributed by atoms with E-state index in [0.29, 0.717) is 24.2 Å². The van der Waals surface area contributed by atoms with Gasteiger partial charge in [-0.3, -0.25) is 4.68 Å². The molecule has 2 aliphatic rings. The molecule has 4 atom stereocenters. The van der Waals surface area contributed by atoms with Crippen LogP contribution in [0.2, 0.25) is 0 Å². The predicted molar refractivity (Wildman–Crippen MR) is 75.1 cm³/mol. The highest BCUT2D eigenvalue weighted by Gasteiger charge is 2.44. The van der Waals surface area contributed by atoms with Gasteiger partial charge in [0.25, 0.3) is 0 Å². The number of rotatable bonds is 5. The topological polar surface area (TPSA) is 39.1 Å². The summed E-state index contributed by atoms with van der Waals surface area (Å²) in [5, 5.41) is 8.13. The number of hydrogen-bond acceptors (Lipinski definition) is 3. The molecule has 0 amide bonds. The molecule has 1 N–H and O–H groups in total. The van der Waals surface area contributed by atoms with Gasteiger partial charge in [0.15, 0.2) is 0 Å². The van der Waals surface area contributed by atoms with E-state index in [0.717, 1.165) is 18.7 Å². The molecule has 2 saturated heterocycles. The van der Waals surface area contributed by atoms with Crippen LogP contribution in [-0.4, -0.2) is 34.6 Å². The highest BCUT2D eigenvalue weighted by atomic mass is 16.5. The van der Waals surface area contributed by atoms with Crippen molar-refractivity contribution in [2.75, 3.05) is 6.54 Å². The zero-order valence-electron chi connectivity index (χ0n) is 12.2. The van der Waals surface area contributed by atoms with Crippen LogP contribution in [0.5, 0.6) is 0 Å². The van der Waals surface area contributed by atoms with Gasteiger partial charge in [0.1, 0.15) is 0 Å². The minimum atomic E-state index is 0.489. The number of nitrogens with one attached hydrogen (secondary N) is 1. The summed E-state index contributed by atoms with van der Waals surface area (Å²) in [6.07, 6.45) is 5.83. The molecule has 0 radical (unpaired) electrons. The third-order valence-corrected chi connectivity index (χ3v) is 4.66. The second-order valence-electron chi connectivity index (χ2n) is 6.04. The van der Waals surface area contributed by atoms with Crippen LogP contribution in [0.15, 0.2) is 6.07 Å². The number of ether oxygens (including phenoxy) is 1. The minimum absolute atomic E-state index is 0.489. The molecular weight excluding hydrogens is 238 g/mol. The Morgan fingerprint density at radius 2 is 2.37 bits per heavy atom. The zero-order chi connectivity index (χ0) is 13.4. The Hall–Kier alpha value is -0.870. The van der Waals surface area contributed by atoms with Crippen molar-refractivity contribution in [3.63, 3.8) is 0 Å². The van der Waals surface area contributed by atoms with Crippen molar-refractivity contribution >= 4 is 0 Å². The van der Waals surface area contributed by atoms with E-state index in [1.54, 1.807) is 0 Å². The number of fused-ring (bicyclic) bond motifs is 2. The summed E-state index contributed by atoms with van der Waals surface area (Å²) in [5.74, 6) is 0.675. The van der Waals surface area contributed by atoms with Crippen molar-refractivity contribution < 1.29 is 4.74 Å². The fourth-order valence-electron chi connectivity index (χ4n) is 3.82. The number of likely N-dealkylation sites (N-methyl/N-ethyl adjacent to an activating group) is 1. The Kier molecular flexibility index (Phi) is 3.63. The van der Waals surface area contributed by atoms with E-state index >= 15 is 0 Å². The largest absolute Gasteiger partial charge is 0.375 e. The number of hydrogen-bond donors (Lipinski definition) is 1. The van der Waals surface area contributed by atoms with Crippen LogP contribution in [0, 0.1) is 12.8 Å². The third-order valence-electron chi connectivity index (χ3n) is 4.66. The summed E-state index contributed by atoms with van der Waals surface area (Å²) in [7, 11) is 2.04. The molecular formula is C15H25N3O. The monoisotopic (exact) mass is 263 g/mol. The minimum Gasteiger partial charge on any atom is -0.375 e. The van der Waals surface area contributed by atoms with E-state index in [4.69, 9.17) is 4.74 Å². The Bertz CT molecular complexity index is 443. The number of aromatic nitrogens is 2. The number of aryl methyl sites for hydroxylation is 2. The Labute approximate surface area is 115 Å². The first kappa shape index (κ1) is 13.1. The molecule has 19 heavy (non-hydrogen) atoms. The van der Waals surface area contributed by atoms with Crippen molar-refractivity contribution in [3.8, 4) is 0 Å². The van der Waals surface area contributed by atoms with Crippen molar-refractivity contribution in [3.05, 3.63) is 17.5 Å². The van der Waals surface area contributed by atoms with Crippen LogP contribution in [0.25, 0.3) is 0 Å². The van der Waals surface area contributed by atoms with Crippen molar-refractivity contribution in [1.29, 1.82) is 0 Å². The normalized spacial score (nSPS) is 31.0. The van der Waals surface area contributed by atoms with Gasteiger partial charge in [-0.05, 0) is 38.8 Å². The van der Waals surface area contributed by atoms with Gasteiger partial charge < -0.3 is 10.1 Å². The fraction of sp³-hybridized carbons (Fsp3) is 0.800. The van der Waals surface area contributed by atoms with Gasteiger partial charge in [-0.25, -0.2) is 0 Å². The molecule has 2 aliphatic heterocycles. The lowest BCUT2D eigenvalue weighted by molar-refractivity contribution is 0.0857. The van der Waals surface area contributed by atoms with Crippen LogP contribution in [0.1, 0.15) is 37.6 Å². The van der Waals surface area contributed by atoms with Gasteiger partial charge in [0.2, 0.25) is 0 Å². The molecule has 1 aromatic heterocycles. The van der Waals surface area contributed by atoms with Crippen molar-refractivity contribution in [2.24, 2.45) is 13.0 Å². The highest BCUT2D eigenvalue weighted by Crippen LogP contribution is 2.41. The van der Waals surface area contributed by atoms with Gasteiger partial charge in [-0.2, -0.15) is 5.10 Å². The van der Waals surface area contributed by atoms with Crippen molar-refractivity contribution in [2.45, 2.75) is 57.8 Å². The quantitative estimate of drug-likeness (QED) is 0.880. The molecule has 4 heteroatoms. The average molecular weight is 263 g/mol. The average Bonchev–Trinajstić information content (AvgIpc) is 3.05. The first-order valence-electron chi connectivity index (χ1n) is 7.55. The smallest absolute Gasteiger partial charge is 0.0623 e. The lowest BCUT2D eigenvalue weighted by atomic mass is 9.82. The van der Waals surface area contributed by atoms with Gasteiger partial charge in [0, 0.05) is 31.1 Å². The van der Waals surface area contributed by atoms with E-state index in [-0.39, 0.29) is 0 Å². The lowest BCUT2D eigenvalue weighted by Crippen LogP contribution is -2.42. The molecule has 0 spiro atoms. The van der Waals surface area contributed by atoms with E-state index in [2.05, 4.69) is 30.3 Å². The molecule has 0 aliphatic carbocycles.